The average molecular weight is 348 g/mol. The van der Waals surface area contributed by atoms with Crippen molar-refractivity contribution >= 4 is 33.6 Å². The van der Waals surface area contributed by atoms with E-state index in [4.69, 9.17) is 0 Å². The van der Waals surface area contributed by atoms with E-state index in [1.807, 2.05) is 49.4 Å². The third-order valence-corrected chi connectivity index (χ3v) is 5.35. The number of aliphatic carboxylic acids is 1. The molecule has 1 aromatic heterocycles. The number of piperidine rings is 1. The third-order valence-electron chi connectivity index (χ3n) is 5.35. The molecule has 0 radical (unpaired) electrons. The van der Waals surface area contributed by atoms with Crippen molar-refractivity contribution in [3.8, 4) is 0 Å². The number of carboxylic acids is 1. The summed E-state index contributed by atoms with van der Waals surface area (Å²) in [6.07, 6.45) is 2.19. The van der Waals surface area contributed by atoms with Crippen LogP contribution in [0, 0.1) is 11.8 Å². The van der Waals surface area contributed by atoms with E-state index in [1.165, 1.54) is 0 Å². The van der Waals surface area contributed by atoms with Gasteiger partial charge in [-0.1, -0.05) is 37.3 Å². The maximum Gasteiger partial charge on any atom is 0.306 e. The number of rotatable bonds is 2. The molecule has 1 fully saturated rings. The molecule has 1 aliphatic heterocycles. The molecule has 1 aliphatic rings. The Hall–Kier alpha value is -2.95. The number of carbonyl (C=O) groups is 2. The predicted octanol–water partition coefficient (Wildman–Crippen LogP) is 3.57. The van der Waals surface area contributed by atoms with Crippen molar-refractivity contribution < 1.29 is 14.7 Å². The molecule has 0 spiro atoms. The highest BCUT2D eigenvalue weighted by molar-refractivity contribution is 6.15. The molecule has 4 rings (SSSR count). The maximum atomic E-state index is 13.2. The van der Waals surface area contributed by atoms with E-state index in [9.17, 15) is 14.7 Å². The lowest BCUT2D eigenvalue weighted by molar-refractivity contribution is -0.145. The molecule has 2 unspecified atom stereocenters. The van der Waals surface area contributed by atoms with E-state index in [-0.39, 0.29) is 17.7 Å². The molecule has 2 heterocycles. The van der Waals surface area contributed by atoms with Gasteiger partial charge in [-0.2, -0.15) is 0 Å². The van der Waals surface area contributed by atoms with Gasteiger partial charge in [-0.15, -0.1) is 0 Å². The van der Waals surface area contributed by atoms with E-state index in [1.54, 1.807) is 11.1 Å². The highest BCUT2D eigenvalue weighted by atomic mass is 16.4. The minimum Gasteiger partial charge on any atom is -0.481 e. The van der Waals surface area contributed by atoms with Gasteiger partial charge >= 0.3 is 5.97 Å². The van der Waals surface area contributed by atoms with Crippen LogP contribution in [-0.2, 0) is 4.79 Å². The Morgan fingerprint density at radius 2 is 1.92 bits per heavy atom. The highest BCUT2D eigenvalue weighted by Crippen LogP contribution is 2.30. The molecule has 1 N–H and O–H groups in total. The summed E-state index contributed by atoms with van der Waals surface area (Å²) < 4.78 is 0. The highest BCUT2D eigenvalue weighted by Gasteiger charge is 2.33. The summed E-state index contributed by atoms with van der Waals surface area (Å²) in [5, 5.41) is 12.3. The molecule has 5 nitrogen and oxygen atoms in total. The monoisotopic (exact) mass is 348 g/mol. The number of fused-ring (bicyclic) bond motifs is 3. The molecule has 132 valence electrons. The largest absolute Gasteiger partial charge is 0.481 e. The average Bonchev–Trinajstić information content (AvgIpc) is 2.66. The van der Waals surface area contributed by atoms with E-state index in [2.05, 4.69) is 4.98 Å². The molecule has 2 aromatic carbocycles. The molecular formula is C21H20N2O3. The molecule has 1 amide bonds. The lowest BCUT2D eigenvalue weighted by Crippen LogP contribution is -2.45. The number of carbonyl (C=O) groups excluding carboxylic acids is 1. The van der Waals surface area contributed by atoms with Gasteiger partial charge in [-0.25, -0.2) is 0 Å². The Morgan fingerprint density at radius 1 is 1.15 bits per heavy atom. The number of carboxylic acid groups (broad SMARTS) is 1. The third kappa shape index (κ3) is 2.69. The van der Waals surface area contributed by atoms with Crippen LogP contribution in [0.2, 0.25) is 0 Å². The molecule has 0 saturated carbocycles. The van der Waals surface area contributed by atoms with Crippen LogP contribution in [-0.4, -0.2) is 40.0 Å². The lowest BCUT2D eigenvalue weighted by atomic mass is 9.86. The smallest absolute Gasteiger partial charge is 0.306 e. The van der Waals surface area contributed by atoms with Gasteiger partial charge in [0.05, 0.1) is 17.0 Å². The molecule has 3 aromatic rings. The van der Waals surface area contributed by atoms with Crippen LogP contribution in [0.4, 0.5) is 0 Å². The Bertz CT molecular complexity index is 1010. The zero-order valence-corrected chi connectivity index (χ0v) is 14.6. The first-order valence-electron chi connectivity index (χ1n) is 8.85. The minimum absolute atomic E-state index is 0.0649. The molecule has 26 heavy (non-hydrogen) atoms. The molecular weight excluding hydrogens is 328 g/mol. The van der Waals surface area contributed by atoms with Crippen LogP contribution < -0.4 is 0 Å². The van der Waals surface area contributed by atoms with Crippen LogP contribution >= 0.6 is 0 Å². The van der Waals surface area contributed by atoms with Gasteiger partial charge in [0.2, 0.25) is 0 Å². The normalized spacial score (nSPS) is 20.4. The van der Waals surface area contributed by atoms with Gasteiger partial charge in [0.1, 0.15) is 0 Å². The number of aromatic nitrogens is 1. The fraction of sp³-hybridized carbons (Fsp3) is 0.286. The van der Waals surface area contributed by atoms with E-state index < -0.39 is 5.97 Å². The summed E-state index contributed by atoms with van der Waals surface area (Å²) in [4.78, 5) is 30.8. The summed E-state index contributed by atoms with van der Waals surface area (Å²) in [6.45, 7) is 2.81. The Morgan fingerprint density at radius 3 is 2.69 bits per heavy atom. The Kier molecular flexibility index (Phi) is 4.07. The summed E-state index contributed by atoms with van der Waals surface area (Å²) in [6, 6.07) is 13.7. The van der Waals surface area contributed by atoms with Crippen LogP contribution in [0.15, 0.2) is 48.7 Å². The SMILES string of the molecule is CC1CN(C(=O)c2cc3ccccc3c3cccnc23)CCC1C(=O)O. The van der Waals surface area contributed by atoms with Gasteiger partial charge in [-0.05, 0) is 35.2 Å². The van der Waals surface area contributed by atoms with Crippen molar-refractivity contribution in [1.82, 2.24) is 9.88 Å². The fourth-order valence-corrected chi connectivity index (χ4v) is 3.96. The first-order valence-corrected chi connectivity index (χ1v) is 8.85. The van der Waals surface area contributed by atoms with Gasteiger partial charge < -0.3 is 10.0 Å². The van der Waals surface area contributed by atoms with Gasteiger partial charge in [0.25, 0.3) is 5.91 Å². The zero-order chi connectivity index (χ0) is 18.3. The summed E-state index contributed by atoms with van der Waals surface area (Å²) in [7, 11) is 0. The summed E-state index contributed by atoms with van der Waals surface area (Å²) in [5.74, 6) is -1.30. The second-order valence-electron chi connectivity index (χ2n) is 7.01. The van der Waals surface area contributed by atoms with Gasteiger partial charge in [0.15, 0.2) is 0 Å². The summed E-state index contributed by atoms with van der Waals surface area (Å²) >= 11 is 0. The number of pyridine rings is 1. The molecule has 2 atom stereocenters. The molecule has 1 saturated heterocycles. The number of amides is 1. The molecule has 5 heteroatoms. The quantitative estimate of drug-likeness (QED) is 0.719. The van der Waals surface area contributed by atoms with E-state index >= 15 is 0 Å². The van der Waals surface area contributed by atoms with Gasteiger partial charge in [0, 0.05) is 24.7 Å². The number of nitrogens with zero attached hydrogens (tertiary/aromatic N) is 2. The van der Waals surface area contributed by atoms with Crippen LogP contribution in [0.5, 0.6) is 0 Å². The van der Waals surface area contributed by atoms with Crippen molar-refractivity contribution in [2.45, 2.75) is 13.3 Å². The Balaban J connectivity index is 1.76. The second kappa shape index (κ2) is 6.41. The first kappa shape index (κ1) is 16.5. The van der Waals surface area contributed by atoms with Crippen molar-refractivity contribution in [2.24, 2.45) is 11.8 Å². The van der Waals surface area contributed by atoms with Gasteiger partial charge in [-0.3, -0.25) is 14.6 Å². The van der Waals surface area contributed by atoms with Crippen molar-refractivity contribution in [2.75, 3.05) is 13.1 Å². The minimum atomic E-state index is -0.776. The first-order chi connectivity index (χ1) is 12.6. The number of benzene rings is 2. The standard InChI is InChI=1S/C21H20N2O3/c1-13-12-23(10-8-15(13)21(25)26)20(24)18-11-14-5-2-3-6-16(14)17-7-4-9-22-19(17)18/h2-7,9,11,13,15H,8,10,12H2,1H3,(H,25,26). The number of hydrogen-bond donors (Lipinski definition) is 1. The van der Waals surface area contributed by atoms with Crippen molar-refractivity contribution in [3.05, 3.63) is 54.2 Å². The number of hydrogen-bond acceptors (Lipinski definition) is 3. The molecule has 0 aliphatic carbocycles. The maximum absolute atomic E-state index is 13.2. The van der Waals surface area contributed by atoms with E-state index in [0.29, 0.717) is 30.6 Å². The molecule has 0 bridgehead atoms. The van der Waals surface area contributed by atoms with Crippen LogP contribution in [0.3, 0.4) is 0 Å². The summed E-state index contributed by atoms with van der Waals surface area (Å²) in [5.41, 5.74) is 1.28. The zero-order valence-electron chi connectivity index (χ0n) is 14.6. The lowest BCUT2D eigenvalue weighted by Gasteiger charge is -2.35. The van der Waals surface area contributed by atoms with E-state index in [0.717, 1.165) is 16.2 Å². The topological polar surface area (TPSA) is 70.5 Å². The van der Waals surface area contributed by atoms with Crippen LogP contribution in [0.1, 0.15) is 23.7 Å². The number of likely N-dealkylation sites (tertiary alicyclic amines) is 1. The second-order valence-corrected chi connectivity index (χ2v) is 7.01. The fourth-order valence-electron chi connectivity index (χ4n) is 3.96. The van der Waals surface area contributed by atoms with Crippen molar-refractivity contribution in [1.29, 1.82) is 0 Å². The van der Waals surface area contributed by atoms with Crippen molar-refractivity contribution in [3.63, 3.8) is 0 Å². The predicted molar refractivity (Wildman–Crippen MR) is 100 cm³/mol. The van der Waals surface area contributed by atoms with Crippen LogP contribution in [0.25, 0.3) is 21.7 Å². The Labute approximate surface area is 151 Å².